The number of aliphatic hydroxyl groups excluding tert-OH is 1. The molecule has 92 valence electrons. The number of nitrogens with zero attached hydrogens (tertiary/aromatic N) is 1. The SMILES string of the molecule is CC(O)CCC(=O)N1CCC2CCCCC21. The van der Waals surface area contributed by atoms with Crippen LogP contribution in [0.4, 0.5) is 0 Å². The first-order valence-electron chi connectivity index (χ1n) is 6.66. The predicted molar refractivity (Wildman–Crippen MR) is 63.0 cm³/mol. The van der Waals surface area contributed by atoms with Crippen LogP contribution in [0.25, 0.3) is 0 Å². The van der Waals surface area contributed by atoms with Gasteiger partial charge in [0.25, 0.3) is 0 Å². The molecular weight excluding hydrogens is 202 g/mol. The highest BCUT2D eigenvalue weighted by molar-refractivity contribution is 5.76. The molecule has 1 amide bonds. The Hall–Kier alpha value is -0.570. The van der Waals surface area contributed by atoms with Gasteiger partial charge in [-0.1, -0.05) is 12.8 Å². The van der Waals surface area contributed by atoms with Gasteiger partial charge in [-0.3, -0.25) is 4.79 Å². The molecule has 0 spiro atoms. The van der Waals surface area contributed by atoms with Gasteiger partial charge < -0.3 is 10.0 Å². The summed E-state index contributed by atoms with van der Waals surface area (Å²) in [6.07, 6.45) is 7.10. The van der Waals surface area contributed by atoms with Gasteiger partial charge in [-0.2, -0.15) is 0 Å². The lowest BCUT2D eigenvalue weighted by molar-refractivity contribution is -0.133. The molecule has 1 aliphatic heterocycles. The number of likely N-dealkylation sites (tertiary alicyclic amines) is 1. The van der Waals surface area contributed by atoms with Crippen LogP contribution in [0.2, 0.25) is 0 Å². The summed E-state index contributed by atoms with van der Waals surface area (Å²) in [6.45, 7) is 2.70. The zero-order chi connectivity index (χ0) is 11.5. The van der Waals surface area contributed by atoms with Crippen molar-refractivity contribution in [3.63, 3.8) is 0 Å². The fourth-order valence-corrected chi connectivity index (χ4v) is 3.19. The summed E-state index contributed by atoms with van der Waals surface area (Å²) in [4.78, 5) is 14.1. The fourth-order valence-electron chi connectivity index (χ4n) is 3.19. The molecule has 0 radical (unpaired) electrons. The molecule has 3 atom stereocenters. The Bertz CT molecular complexity index is 252. The molecule has 1 N–H and O–H groups in total. The molecule has 0 bridgehead atoms. The van der Waals surface area contributed by atoms with E-state index in [0.717, 1.165) is 12.5 Å². The van der Waals surface area contributed by atoms with E-state index < -0.39 is 0 Å². The largest absolute Gasteiger partial charge is 0.393 e. The number of carbonyl (C=O) groups is 1. The van der Waals surface area contributed by atoms with Crippen LogP contribution in [0, 0.1) is 5.92 Å². The molecule has 1 aliphatic carbocycles. The quantitative estimate of drug-likeness (QED) is 0.797. The van der Waals surface area contributed by atoms with E-state index in [0.29, 0.717) is 18.9 Å². The van der Waals surface area contributed by atoms with E-state index in [1.165, 1.54) is 32.1 Å². The van der Waals surface area contributed by atoms with E-state index in [9.17, 15) is 9.90 Å². The maximum Gasteiger partial charge on any atom is 0.222 e. The lowest BCUT2D eigenvalue weighted by Gasteiger charge is -2.31. The highest BCUT2D eigenvalue weighted by Gasteiger charge is 2.37. The van der Waals surface area contributed by atoms with Crippen LogP contribution < -0.4 is 0 Å². The normalized spacial score (nSPS) is 31.2. The van der Waals surface area contributed by atoms with Crippen molar-refractivity contribution in [2.75, 3.05) is 6.54 Å². The zero-order valence-electron chi connectivity index (χ0n) is 10.2. The van der Waals surface area contributed by atoms with Crippen molar-refractivity contribution >= 4 is 5.91 Å². The minimum atomic E-state index is -0.353. The summed E-state index contributed by atoms with van der Waals surface area (Å²) >= 11 is 0. The Labute approximate surface area is 97.8 Å². The van der Waals surface area contributed by atoms with Gasteiger partial charge in [0.15, 0.2) is 0 Å². The van der Waals surface area contributed by atoms with Crippen molar-refractivity contribution < 1.29 is 9.90 Å². The predicted octanol–water partition coefficient (Wildman–Crippen LogP) is 1.94. The summed E-state index contributed by atoms with van der Waals surface area (Å²) in [6, 6.07) is 0.523. The average Bonchev–Trinajstić information content (AvgIpc) is 2.69. The Morgan fingerprint density at radius 1 is 1.38 bits per heavy atom. The minimum Gasteiger partial charge on any atom is -0.393 e. The molecule has 0 aromatic rings. The van der Waals surface area contributed by atoms with Crippen LogP contribution in [0.1, 0.15) is 51.9 Å². The van der Waals surface area contributed by atoms with Crippen LogP contribution >= 0.6 is 0 Å². The first-order chi connectivity index (χ1) is 7.68. The molecule has 1 saturated carbocycles. The Kier molecular flexibility index (Phi) is 3.85. The molecular formula is C13H23NO2. The third-order valence-electron chi connectivity index (χ3n) is 4.11. The van der Waals surface area contributed by atoms with Gasteiger partial charge in [0.05, 0.1) is 6.10 Å². The number of hydrogen-bond donors (Lipinski definition) is 1. The smallest absolute Gasteiger partial charge is 0.222 e. The van der Waals surface area contributed by atoms with Crippen molar-refractivity contribution in [2.45, 2.75) is 64.0 Å². The summed E-state index contributed by atoms with van der Waals surface area (Å²) in [7, 11) is 0. The fraction of sp³-hybridized carbons (Fsp3) is 0.923. The maximum absolute atomic E-state index is 12.0. The van der Waals surface area contributed by atoms with Gasteiger partial charge in [-0.05, 0) is 38.5 Å². The van der Waals surface area contributed by atoms with Crippen LogP contribution in [0.15, 0.2) is 0 Å². The molecule has 16 heavy (non-hydrogen) atoms. The van der Waals surface area contributed by atoms with Crippen LogP contribution in [0.5, 0.6) is 0 Å². The minimum absolute atomic E-state index is 0.260. The van der Waals surface area contributed by atoms with Crippen molar-refractivity contribution in [2.24, 2.45) is 5.92 Å². The summed E-state index contributed by atoms with van der Waals surface area (Å²) in [5.74, 6) is 1.03. The number of aliphatic hydroxyl groups is 1. The number of fused-ring (bicyclic) bond motifs is 1. The monoisotopic (exact) mass is 225 g/mol. The molecule has 2 rings (SSSR count). The first-order valence-corrected chi connectivity index (χ1v) is 6.66. The lowest BCUT2D eigenvalue weighted by atomic mass is 9.85. The second-order valence-electron chi connectivity index (χ2n) is 5.38. The number of rotatable bonds is 3. The Morgan fingerprint density at radius 3 is 2.88 bits per heavy atom. The van der Waals surface area contributed by atoms with E-state index in [1.807, 2.05) is 0 Å². The number of carbonyl (C=O) groups excluding carboxylic acids is 1. The first kappa shape index (κ1) is 11.9. The molecule has 3 unspecified atom stereocenters. The third kappa shape index (κ3) is 2.57. The zero-order valence-corrected chi connectivity index (χ0v) is 10.2. The second-order valence-corrected chi connectivity index (χ2v) is 5.38. The molecule has 0 aromatic carbocycles. The molecule has 3 nitrogen and oxygen atoms in total. The number of hydrogen-bond acceptors (Lipinski definition) is 2. The van der Waals surface area contributed by atoms with Gasteiger partial charge in [-0.25, -0.2) is 0 Å². The molecule has 1 heterocycles. The van der Waals surface area contributed by atoms with Gasteiger partial charge in [0.2, 0.25) is 5.91 Å². The van der Waals surface area contributed by atoms with E-state index in [4.69, 9.17) is 0 Å². The second kappa shape index (κ2) is 5.17. The average molecular weight is 225 g/mol. The molecule has 2 aliphatic rings. The maximum atomic E-state index is 12.0. The third-order valence-corrected chi connectivity index (χ3v) is 4.11. The van der Waals surface area contributed by atoms with Gasteiger partial charge >= 0.3 is 0 Å². The lowest BCUT2D eigenvalue weighted by Crippen LogP contribution is -2.39. The van der Waals surface area contributed by atoms with Crippen LogP contribution in [-0.4, -0.2) is 34.6 Å². The van der Waals surface area contributed by atoms with E-state index in [1.54, 1.807) is 6.92 Å². The topological polar surface area (TPSA) is 40.5 Å². The van der Waals surface area contributed by atoms with Crippen molar-refractivity contribution in [3.05, 3.63) is 0 Å². The Balaban J connectivity index is 1.87. The highest BCUT2D eigenvalue weighted by Crippen LogP contribution is 2.36. The van der Waals surface area contributed by atoms with Crippen molar-refractivity contribution in [1.29, 1.82) is 0 Å². The van der Waals surface area contributed by atoms with E-state index in [2.05, 4.69) is 4.90 Å². The molecule has 2 fully saturated rings. The molecule has 0 aromatic heterocycles. The van der Waals surface area contributed by atoms with Gasteiger partial charge in [0.1, 0.15) is 0 Å². The van der Waals surface area contributed by atoms with Crippen LogP contribution in [0.3, 0.4) is 0 Å². The Morgan fingerprint density at radius 2 is 2.12 bits per heavy atom. The highest BCUT2D eigenvalue weighted by atomic mass is 16.3. The summed E-state index contributed by atoms with van der Waals surface area (Å²) in [5, 5.41) is 9.21. The number of amides is 1. The van der Waals surface area contributed by atoms with Crippen molar-refractivity contribution in [3.8, 4) is 0 Å². The van der Waals surface area contributed by atoms with E-state index >= 15 is 0 Å². The van der Waals surface area contributed by atoms with Crippen LogP contribution in [-0.2, 0) is 4.79 Å². The van der Waals surface area contributed by atoms with E-state index in [-0.39, 0.29) is 12.0 Å². The summed E-state index contributed by atoms with van der Waals surface area (Å²) in [5.41, 5.74) is 0. The van der Waals surface area contributed by atoms with Gasteiger partial charge in [0, 0.05) is 19.0 Å². The summed E-state index contributed by atoms with van der Waals surface area (Å²) < 4.78 is 0. The molecule has 1 saturated heterocycles. The van der Waals surface area contributed by atoms with Gasteiger partial charge in [-0.15, -0.1) is 0 Å². The van der Waals surface area contributed by atoms with Crippen molar-refractivity contribution in [1.82, 2.24) is 4.90 Å². The standard InChI is InChI=1S/C13H23NO2/c1-10(15)6-7-13(16)14-9-8-11-4-2-3-5-12(11)14/h10-12,15H,2-9H2,1H3. The molecule has 3 heteroatoms.